The Balaban J connectivity index is 0.000000494. The first-order chi connectivity index (χ1) is 8.45. The van der Waals surface area contributed by atoms with Crippen molar-refractivity contribution in [1.82, 2.24) is 0 Å². The van der Waals surface area contributed by atoms with E-state index in [0.29, 0.717) is 0 Å². The van der Waals surface area contributed by atoms with Gasteiger partial charge in [-0.05, 0) is 19.9 Å². The molecule has 0 aliphatic heterocycles. The lowest BCUT2D eigenvalue weighted by atomic mass is 10.3. The van der Waals surface area contributed by atoms with E-state index in [2.05, 4.69) is 12.6 Å². The molecule has 0 unspecified atom stereocenters. The maximum absolute atomic E-state index is 10.4. The highest BCUT2D eigenvalue weighted by molar-refractivity contribution is 7.80. The maximum atomic E-state index is 10.4. The molecule has 0 amide bonds. The summed E-state index contributed by atoms with van der Waals surface area (Å²) < 4.78 is 4.83. The summed E-state index contributed by atoms with van der Waals surface area (Å²) in [5, 5.41) is 20.7. The lowest BCUT2D eigenvalue weighted by Gasteiger charge is -1.95. The van der Waals surface area contributed by atoms with Crippen molar-refractivity contribution in [3.63, 3.8) is 0 Å². The van der Waals surface area contributed by atoms with Gasteiger partial charge >= 0.3 is 11.4 Å². The minimum atomic E-state index is -0.819. The van der Waals surface area contributed by atoms with E-state index < -0.39 is 21.2 Å². The summed E-state index contributed by atoms with van der Waals surface area (Å²) in [4.78, 5) is 19.1. The SMILES string of the molecule is CCOCC.O=[N+]([O-])c1cccc(S)c1[N+](=O)[O-]. The zero-order chi connectivity index (χ0) is 14.1. The van der Waals surface area contributed by atoms with Crippen molar-refractivity contribution in [3.05, 3.63) is 38.4 Å². The number of ether oxygens (including phenoxy) is 1. The maximum Gasteiger partial charge on any atom is 0.359 e. The number of para-hydroxylation sites is 1. The predicted molar refractivity (Wildman–Crippen MR) is 69.2 cm³/mol. The van der Waals surface area contributed by atoms with Crippen LogP contribution in [-0.4, -0.2) is 23.1 Å². The van der Waals surface area contributed by atoms with Crippen LogP contribution in [0.4, 0.5) is 11.4 Å². The highest BCUT2D eigenvalue weighted by atomic mass is 32.1. The molecule has 0 aliphatic rings. The van der Waals surface area contributed by atoms with Crippen LogP contribution in [-0.2, 0) is 4.74 Å². The summed E-state index contributed by atoms with van der Waals surface area (Å²) in [5.74, 6) is 0. The molecule has 0 spiro atoms. The van der Waals surface area contributed by atoms with Gasteiger partial charge in [-0.15, -0.1) is 12.6 Å². The largest absolute Gasteiger partial charge is 0.382 e. The molecule has 7 nitrogen and oxygen atoms in total. The highest BCUT2D eigenvalue weighted by Gasteiger charge is 2.26. The fraction of sp³-hybridized carbons (Fsp3) is 0.400. The van der Waals surface area contributed by atoms with Gasteiger partial charge in [0.1, 0.15) is 0 Å². The molecular formula is C10H14N2O5S. The molecule has 1 aromatic rings. The average Bonchev–Trinajstić information content (AvgIpc) is 2.29. The van der Waals surface area contributed by atoms with Gasteiger partial charge in [0.25, 0.3) is 0 Å². The molecule has 0 fully saturated rings. The van der Waals surface area contributed by atoms with Crippen LogP contribution in [0.3, 0.4) is 0 Å². The van der Waals surface area contributed by atoms with E-state index in [-0.39, 0.29) is 4.90 Å². The summed E-state index contributed by atoms with van der Waals surface area (Å²) >= 11 is 3.76. The Kier molecular flexibility index (Phi) is 7.64. The fourth-order valence-corrected chi connectivity index (χ4v) is 1.34. The molecule has 0 aliphatic carbocycles. The molecule has 0 radical (unpaired) electrons. The molecule has 0 N–H and O–H groups in total. The molecule has 0 saturated heterocycles. The van der Waals surface area contributed by atoms with E-state index in [9.17, 15) is 20.2 Å². The van der Waals surface area contributed by atoms with E-state index in [0.717, 1.165) is 19.3 Å². The first kappa shape index (κ1) is 16.3. The summed E-state index contributed by atoms with van der Waals surface area (Å²) in [6.45, 7) is 5.67. The second-order valence-corrected chi connectivity index (χ2v) is 3.42. The monoisotopic (exact) mass is 274 g/mol. The quantitative estimate of drug-likeness (QED) is 0.517. The van der Waals surface area contributed by atoms with Crippen molar-refractivity contribution in [2.24, 2.45) is 0 Å². The van der Waals surface area contributed by atoms with E-state index in [1.54, 1.807) is 0 Å². The molecular weight excluding hydrogens is 260 g/mol. The van der Waals surface area contributed by atoms with Crippen molar-refractivity contribution in [2.45, 2.75) is 18.7 Å². The number of nitro benzene ring substituents is 2. The van der Waals surface area contributed by atoms with E-state index in [1.165, 1.54) is 12.1 Å². The predicted octanol–water partition coefficient (Wildman–Crippen LogP) is 2.83. The normalized spacial score (nSPS) is 9.28. The Bertz CT molecular complexity index is 423. The topological polar surface area (TPSA) is 95.5 Å². The van der Waals surface area contributed by atoms with Crippen molar-refractivity contribution in [1.29, 1.82) is 0 Å². The third kappa shape index (κ3) is 5.11. The molecule has 0 aromatic heterocycles. The number of hydrogen-bond acceptors (Lipinski definition) is 6. The zero-order valence-electron chi connectivity index (χ0n) is 10.0. The molecule has 18 heavy (non-hydrogen) atoms. The molecule has 100 valence electrons. The molecule has 1 rings (SSSR count). The minimum absolute atomic E-state index is 0.0146. The summed E-state index contributed by atoms with van der Waals surface area (Å²) in [7, 11) is 0. The van der Waals surface area contributed by atoms with Gasteiger partial charge < -0.3 is 4.74 Å². The van der Waals surface area contributed by atoms with Gasteiger partial charge in [0.15, 0.2) is 0 Å². The molecule has 0 heterocycles. The average molecular weight is 274 g/mol. The molecule has 0 saturated carbocycles. The third-order valence-electron chi connectivity index (χ3n) is 1.78. The first-order valence-electron chi connectivity index (χ1n) is 5.14. The zero-order valence-corrected chi connectivity index (χ0v) is 10.9. The highest BCUT2D eigenvalue weighted by Crippen LogP contribution is 2.32. The summed E-state index contributed by atoms with van der Waals surface area (Å²) in [5.41, 5.74) is -1.12. The Morgan fingerprint density at radius 3 is 2.00 bits per heavy atom. The Hall–Kier alpha value is -1.67. The smallest absolute Gasteiger partial charge is 0.359 e. The van der Waals surface area contributed by atoms with Gasteiger partial charge in [-0.25, -0.2) is 0 Å². The van der Waals surface area contributed by atoms with E-state index in [1.807, 2.05) is 13.8 Å². The van der Waals surface area contributed by atoms with Crippen LogP contribution in [0.25, 0.3) is 0 Å². The van der Waals surface area contributed by atoms with Crippen molar-refractivity contribution in [2.75, 3.05) is 13.2 Å². The standard InChI is InChI=1S/C6H4N2O4S.C4H10O/c9-7(10)4-2-1-3-5(13)6(4)8(11)12;1-3-5-4-2/h1-3,13H;3-4H2,1-2H3. The van der Waals surface area contributed by atoms with Gasteiger partial charge in [-0.3, -0.25) is 20.2 Å². The number of nitro groups is 2. The van der Waals surface area contributed by atoms with Gasteiger partial charge in [0.05, 0.1) is 14.7 Å². The molecule has 8 heteroatoms. The molecule has 0 bridgehead atoms. The Morgan fingerprint density at radius 1 is 1.17 bits per heavy atom. The minimum Gasteiger partial charge on any atom is -0.382 e. The van der Waals surface area contributed by atoms with Gasteiger partial charge in [-0.1, -0.05) is 6.07 Å². The number of thiol groups is 1. The third-order valence-corrected chi connectivity index (χ3v) is 2.14. The van der Waals surface area contributed by atoms with E-state index >= 15 is 0 Å². The number of nitrogens with zero attached hydrogens (tertiary/aromatic N) is 2. The second kappa shape index (κ2) is 8.43. The van der Waals surface area contributed by atoms with Gasteiger partial charge in [0.2, 0.25) is 0 Å². The molecule has 1 aromatic carbocycles. The summed E-state index contributed by atoms with van der Waals surface area (Å²) in [6.07, 6.45) is 0. The van der Waals surface area contributed by atoms with Crippen LogP contribution in [0.1, 0.15) is 13.8 Å². The van der Waals surface area contributed by atoms with Crippen molar-refractivity contribution >= 4 is 24.0 Å². The summed E-state index contributed by atoms with van der Waals surface area (Å²) in [6, 6.07) is 3.74. The lowest BCUT2D eigenvalue weighted by molar-refractivity contribution is -0.424. The Morgan fingerprint density at radius 2 is 1.72 bits per heavy atom. The molecule has 0 atom stereocenters. The fourth-order valence-electron chi connectivity index (χ4n) is 1.06. The number of benzene rings is 1. The van der Waals surface area contributed by atoms with Crippen LogP contribution in [0.15, 0.2) is 23.1 Å². The van der Waals surface area contributed by atoms with Gasteiger partial charge in [-0.2, -0.15) is 0 Å². The van der Waals surface area contributed by atoms with E-state index in [4.69, 9.17) is 4.74 Å². The van der Waals surface area contributed by atoms with Crippen LogP contribution in [0.5, 0.6) is 0 Å². The first-order valence-corrected chi connectivity index (χ1v) is 5.58. The van der Waals surface area contributed by atoms with Crippen molar-refractivity contribution in [3.8, 4) is 0 Å². The van der Waals surface area contributed by atoms with Crippen LogP contribution >= 0.6 is 12.6 Å². The number of hydrogen-bond donors (Lipinski definition) is 1. The lowest BCUT2D eigenvalue weighted by Crippen LogP contribution is -1.96. The van der Waals surface area contributed by atoms with Gasteiger partial charge in [0, 0.05) is 19.3 Å². The van der Waals surface area contributed by atoms with Crippen LogP contribution in [0.2, 0.25) is 0 Å². The Labute approximate surface area is 109 Å². The van der Waals surface area contributed by atoms with Crippen LogP contribution < -0.4 is 0 Å². The number of rotatable bonds is 4. The van der Waals surface area contributed by atoms with Crippen molar-refractivity contribution < 1.29 is 14.6 Å². The second-order valence-electron chi connectivity index (χ2n) is 2.94. The van der Waals surface area contributed by atoms with Crippen LogP contribution in [0, 0.1) is 20.2 Å².